The smallest absolute Gasteiger partial charge is 0.125 e. The fraction of sp³-hybridized carbons (Fsp3) is 0.294. The summed E-state index contributed by atoms with van der Waals surface area (Å²) >= 11 is 6.08. The van der Waals surface area contributed by atoms with Gasteiger partial charge >= 0.3 is 0 Å². The Morgan fingerprint density at radius 1 is 1.20 bits per heavy atom. The van der Waals surface area contributed by atoms with Crippen LogP contribution in [0, 0.1) is 5.82 Å². The second-order valence-corrected chi connectivity index (χ2v) is 5.70. The molecule has 3 heteroatoms. The summed E-state index contributed by atoms with van der Waals surface area (Å²) in [6.07, 6.45) is 3.53. The zero-order chi connectivity index (χ0) is 13.9. The van der Waals surface area contributed by atoms with Crippen molar-refractivity contribution < 1.29 is 4.39 Å². The predicted octanol–water partition coefficient (Wildman–Crippen LogP) is 5.01. The summed E-state index contributed by atoms with van der Waals surface area (Å²) in [6.45, 7) is 0.792. The van der Waals surface area contributed by atoms with Crippen molar-refractivity contribution in [1.82, 2.24) is 0 Å². The number of benzene rings is 2. The van der Waals surface area contributed by atoms with Crippen LogP contribution in [0.25, 0.3) is 0 Å². The molecule has 0 amide bonds. The molecule has 0 saturated heterocycles. The zero-order valence-electron chi connectivity index (χ0n) is 11.2. The second kappa shape index (κ2) is 5.84. The third-order valence-corrected chi connectivity index (χ3v) is 4.29. The van der Waals surface area contributed by atoms with Crippen LogP contribution in [0.3, 0.4) is 0 Å². The van der Waals surface area contributed by atoms with Crippen molar-refractivity contribution in [3.63, 3.8) is 0 Å². The molecule has 0 aromatic heterocycles. The highest BCUT2D eigenvalue weighted by molar-refractivity contribution is 6.33. The molecule has 1 N–H and O–H groups in total. The van der Waals surface area contributed by atoms with Crippen LogP contribution in [-0.2, 0) is 6.42 Å². The number of rotatable bonds is 3. The van der Waals surface area contributed by atoms with Crippen LogP contribution in [-0.4, -0.2) is 6.54 Å². The first-order chi connectivity index (χ1) is 9.74. The molecule has 2 aromatic rings. The van der Waals surface area contributed by atoms with Gasteiger partial charge in [-0.2, -0.15) is 0 Å². The molecule has 104 valence electrons. The third kappa shape index (κ3) is 2.80. The molecule has 20 heavy (non-hydrogen) atoms. The van der Waals surface area contributed by atoms with Crippen LogP contribution < -0.4 is 5.32 Å². The average molecular weight is 290 g/mol. The predicted molar refractivity (Wildman–Crippen MR) is 82.0 cm³/mol. The van der Waals surface area contributed by atoms with E-state index in [2.05, 4.69) is 29.6 Å². The molecule has 1 nitrogen and oxygen atoms in total. The first-order valence-electron chi connectivity index (χ1n) is 7.01. The molecule has 1 atom stereocenters. The van der Waals surface area contributed by atoms with Gasteiger partial charge in [0.25, 0.3) is 0 Å². The Morgan fingerprint density at radius 2 is 2.05 bits per heavy atom. The third-order valence-electron chi connectivity index (χ3n) is 3.96. The van der Waals surface area contributed by atoms with Crippen molar-refractivity contribution in [2.75, 3.05) is 11.9 Å². The van der Waals surface area contributed by atoms with Crippen LogP contribution in [0.5, 0.6) is 0 Å². The van der Waals surface area contributed by atoms with Gasteiger partial charge in [-0.05, 0) is 48.6 Å². The number of fused-ring (bicyclic) bond motifs is 1. The largest absolute Gasteiger partial charge is 0.383 e. The van der Waals surface area contributed by atoms with Crippen molar-refractivity contribution in [3.05, 3.63) is 64.4 Å². The van der Waals surface area contributed by atoms with E-state index in [1.165, 1.54) is 29.7 Å². The lowest BCUT2D eigenvalue weighted by Gasteiger charge is -2.26. The Labute approximate surface area is 123 Å². The van der Waals surface area contributed by atoms with E-state index in [1.807, 2.05) is 0 Å². The van der Waals surface area contributed by atoms with Gasteiger partial charge < -0.3 is 5.32 Å². The SMILES string of the molecule is Fc1ccc(Cl)c(NCC2CCCc3ccccc32)c1. The summed E-state index contributed by atoms with van der Waals surface area (Å²) < 4.78 is 13.3. The van der Waals surface area contributed by atoms with Crippen LogP contribution in [0.15, 0.2) is 42.5 Å². The van der Waals surface area contributed by atoms with Gasteiger partial charge in [0, 0.05) is 12.5 Å². The van der Waals surface area contributed by atoms with Gasteiger partial charge in [-0.3, -0.25) is 0 Å². The van der Waals surface area contributed by atoms with E-state index in [1.54, 1.807) is 6.07 Å². The van der Waals surface area contributed by atoms with Gasteiger partial charge in [0.1, 0.15) is 5.82 Å². The highest BCUT2D eigenvalue weighted by atomic mass is 35.5. The summed E-state index contributed by atoms with van der Waals surface area (Å²) in [5.74, 6) is 0.209. The highest BCUT2D eigenvalue weighted by Crippen LogP contribution is 2.32. The summed E-state index contributed by atoms with van der Waals surface area (Å²) in [5, 5.41) is 3.86. The van der Waals surface area contributed by atoms with Gasteiger partial charge in [-0.25, -0.2) is 4.39 Å². The molecule has 3 rings (SSSR count). The minimum Gasteiger partial charge on any atom is -0.383 e. The van der Waals surface area contributed by atoms with Gasteiger partial charge in [-0.15, -0.1) is 0 Å². The van der Waals surface area contributed by atoms with E-state index in [-0.39, 0.29) is 5.82 Å². The van der Waals surface area contributed by atoms with Gasteiger partial charge in [-0.1, -0.05) is 35.9 Å². The second-order valence-electron chi connectivity index (χ2n) is 5.29. The molecule has 0 radical (unpaired) electrons. The summed E-state index contributed by atoms with van der Waals surface area (Å²) in [5.41, 5.74) is 3.53. The van der Waals surface area contributed by atoms with Crippen LogP contribution in [0.2, 0.25) is 5.02 Å². The number of halogens is 2. The standard InChI is InChI=1S/C17H17ClFN/c18-16-9-8-14(19)10-17(16)20-11-13-6-3-5-12-4-1-2-7-15(12)13/h1-2,4,7-10,13,20H,3,5-6,11H2. The molecule has 0 spiro atoms. The number of hydrogen-bond donors (Lipinski definition) is 1. The first-order valence-corrected chi connectivity index (χ1v) is 7.38. The first kappa shape index (κ1) is 13.4. The molecule has 0 saturated carbocycles. The maximum absolute atomic E-state index is 13.3. The van der Waals surface area contributed by atoms with Crippen molar-refractivity contribution in [3.8, 4) is 0 Å². The lowest BCUT2D eigenvalue weighted by molar-refractivity contribution is 0.571. The lowest BCUT2D eigenvalue weighted by Crippen LogP contribution is -2.18. The van der Waals surface area contributed by atoms with Crippen molar-refractivity contribution in [2.45, 2.75) is 25.2 Å². The fourth-order valence-electron chi connectivity index (χ4n) is 2.93. The Balaban J connectivity index is 1.75. The topological polar surface area (TPSA) is 12.0 Å². The van der Waals surface area contributed by atoms with Gasteiger partial charge in [0.05, 0.1) is 10.7 Å². The summed E-state index contributed by atoms with van der Waals surface area (Å²) in [7, 11) is 0. The molecule has 1 aliphatic carbocycles. The Bertz CT molecular complexity index is 612. The maximum atomic E-state index is 13.3. The Kier molecular flexibility index (Phi) is 3.93. The van der Waals surface area contributed by atoms with E-state index in [4.69, 9.17) is 11.6 Å². The summed E-state index contributed by atoms with van der Waals surface area (Å²) in [6, 6.07) is 13.0. The molecule has 1 unspecified atom stereocenters. The Hall–Kier alpha value is -1.54. The Morgan fingerprint density at radius 3 is 2.95 bits per heavy atom. The van der Waals surface area contributed by atoms with Crippen molar-refractivity contribution in [1.29, 1.82) is 0 Å². The monoisotopic (exact) mass is 289 g/mol. The number of hydrogen-bond acceptors (Lipinski definition) is 1. The molecular formula is C17H17ClFN. The molecule has 0 fully saturated rings. The lowest BCUT2D eigenvalue weighted by atomic mass is 9.83. The van der Waals surface area contributed by atoms with Crippen LogP contribution in [0.1, 0.15) is 29.9 Å². The minimum atomic E-state index is -0.263. The maximum Gasteiger partial charge on any atom is 0.125 e. The minimum absolute atomic E-state index is 0.263. The number of aryl methyl sites for hydroxylation is 1. The van der Waals surface area contributed by atoms with Crippen LogP contribution in [0.4, 0.5) is 10.1 Å². The zero-order valence-corrected chi connectivity index (χ0v) is 12.0. The van der Waals surface area contributed by atoms with Crippen molar-refractivity contribution in [2.24, 2.45) is 0 Å². The molecule has 1 aliphatic rings. The van der Waals surface area contributed by atoms with Gasteiger partial charge in [0.2, 0.25) is 0 Å². The summed E-state index contributed by atoms with van der Waals surface area (Å²) in [4.78, 5) is 0. The highest BCUT2D eigenvalue weighted by Gasteiger charge is 2.19. The van der Waals surface area contributed by atoms with Crippen LogP contribution >= 0.6 is 11.6 Å². The van der Waals surface area contributed by atoms with E-state index < -0.39 is 0 Å². The molecule has 0 aliphatic heterocycles. The number of anilines is 1. The fourth-order valence-corrected chi connectivity index (χ4v) is 3.12. The number of nitrogens with one attached hydrogen (secondary N) is 1. The van der Waals surface area contributed by atoms with Gasteiger partial charge in [0.15, 0.2) is 0 Å². The van der Waals surface area contributed by atoms with Crippen molar-refractivity contribution >= 4 is 17.3 Å². The van der Waals surface area contributed by atoms with E-state index >= 15 is 0 Å². The molecule has 0 bridgehead atoms. The van der Waals surface area contributed by atoms with E-state index in [0.29, 0.717) is 16.6 Å². The molecule has 0 heterocycles. The normalized spacial score (nSPS) is 17.6. The average Bonchev–Trinajstić information content (AvgIpc) is 2.48. The molecule has 2 aromatic carbocycles. The van der Waals surface area contributed by atoms with E-state index in [9.17, 15) is 4.39 Å². The van der Waals surface area contributed by atoms with E-state index in [0.717, 1.165) is 19.4 Å². The quantitative estimate of drug-likeness (QED) is 0.837. The molecular weight excluding hydrogens is 273 g/mol.